The van der Waals surface area contributed by atoms with Crippen LogP contribution in [0.25, 0.3) is 0 Å². The average Bonchev–Trinajstić information content (AvgIpc) is 2.54. The first-order valence-corrected chi connectivity index (χ1v) is 7.48. The monoisotopic (exact) mass is 334 g/mol. The third kappa shape index (κ3) is 6.30. The van der Waals surface area contributed by atoms with Crippen LogP contribution in [0.4, 0.5) is 0 Å². The van der Waals surface area contributed by atoms with Crippen molar-refractivity contribution in [2.45, 2.75) is 26.3 Å². The number of carbonyl (C=O) groups excluding carboxylic acids is 1. The summed E-state index contributed by atoms with van der Waals surface area (Å²) in [5.74, 6) is 1.55. The zero-order valence-corrected chi connectivity index (χ0v) is 14.1. The van der Waals surface area contributed by atoms with E-state index < -0.39 is 0 Å². The molecule has 1 amide bonds. The number of hydrogen-bond donors (Lipinski definition) is 2. The molecule has 2 aromatic rings. The van der Waals surface area contributed by atoms with Gasteiger partial charge < -0.3 is 15.8 Å². The number of benzene rings is 2. The van der Waals surface area contributed by atoms with Crippen LogP contribution >= 0.6 is 12.4 Å². The number of halogens is 1. The van der Waals surface area contributed by atoms with Gasteiger partial charge in [0.25, 0.3) is 0 Å². The average molecular weight is 335 g/mol. The third-order valence-corrected chi connectivity index (χ3v) is 3.31. The van der Waals surface area contributed by atoms with E-state index in [1.807, 2.05) is 55.5 Å². The van der Waals surface area contributed by atoms with Crippen molar-refractivity contribution in [1.29, 1.82) is 0 Å². The van der Waals surface area contributed by atoms with E-state index in [4.69, 9.17) is 10.5 Å². The first-order valence-electron chi connectivity index (χ1n) is 7.48. The molecule has 0 bridgehead atoms. The summed E-state index contributed by atoms with van der Waals surface area (Å²) < 4.78 is 5.91. The third-order valence-electron chi connectivity index (χ3n) is 3.31. The van der Waals surface area contributed by atoms with Crippen LogP contribution in [0.5, 0.6) is 11.5 Å². The lowest BCUT2D eigenvalue weighted by Crippen LogP contribution is -2.23. The number of para-hydroxylation sites is 1. The maximum absolute atomic E-state index is 11.7. The van der Waals surface area contributed by atoms with Crippen molar-refractivity contribution in [2.75, 3.05) is 6.54 Å². The van der Waals surface area contributed by atoms with Crippen LogP contribution in [0.15, 0.2) is 48.5 Å². The Bertz CT molecular complexity index is 615. The van der Waals surface area contributed by atoms with E-state index in [9.17, 15) is 4.79 Å². The Morgan fingerprint density at radius 2 is 1.83 bits per heavy atom. The molecule has 0 aliphatic rings. The Hall–Kier alpha value is -2.04. The minimum atomic E-state index is 0. The fourth-order valence-electron chi connectivity index (χ4n) is 2.03. The molecule has 0 aliphatic heterocycles. The largest absolute Gasteiger partial charge is 0.457 e. The van der Waals surface area contributed by atoms with E-state index >= 15 is 0 Å². The number of hydrogen-bond acceptors (Lipinski definition) is 3. The highest BCUT2D eigenvalue weighted by Gasteiger charge is 2.06. The number of nitrogens with one attached hydrogen (secondary N) is 1. The van der Waals surface area contributed by atoms with Gasteiger partial charge in [-0.05, 0) is 38.1 Å². The Labute approximate surface area is 143 Å². The number of carbonyl (C=O) groups is 1. The highest BCUT2D eigenvalue weighted by atomic mass is 35.5. The van der Waals surface area contributed by atoms with Crippen molar-refractivity contribution in [3.8, 4) is 11.5 Å². The van der Waals surface area contributed by atoms with Gasteiger partial charge in [-0.2, -0.15) is 0 Å². The smallest absolute Gasteiger partial charge is 0.220 e. The lowest BCUT2D eigenvalue weighted by molar-refractivity contribution is -0.121. The molecule has 0 fully saturated rings. The predicted molar refractivity (Wildman–Crippen MR) is 95.1 cm³/mol. The van der Waals surface area contributed by atoms with Crippen LogP contribution in [0.2, 0.25) is 0 Å². The zero-order chi connectivity index (χ0) is 15.8. The molecule has 3 N–H and O–H groups in total. The number of nitrogens with two attached hydrogens (primary N) is 1. The Kier molecular flexibility index (Phi) is 8.16. The van der Waals surface area contributed by atoms with Gasteiger partial charge in [0.15, 0.2) is 0 Å². The minimum absolute atomic E-state index is 0. The van der Waals surface area contributed by atoms with Crippen LogP contribution in [0.3, 0.4) is 0 Å². The maximum Gasteiger partial charge on any atom is 0.220 e. The standard InChI is InChI=1S/C18H22N2O2.ClH/c1-14-8-10-16(11-9-14)22-17-6-3-2-5-15(17)13-20-18(21)7-4-12-19;/h2-3,5-6,8-11H,4,7,12-13,19H2,1H3,(H,20,21);1H. The van der Waals surface area contributed by atoms with E-state index in [-0.39, 0.29) is 18.3 Å². The fraction of sp³-hybridized carbons (Fsp3) is 0.278. The van der Waals surface area contributed by atoms with Gasteiger partial charge in [-0.3, -0.25) is 4.79 Å². The van der Waals surface area contributed by atoms with Crippen LogP contribution in [-0.4, -0.2) is 12.5 Å². The summed E-state index contributed by atoms with van der Waals surface area (Å²) in [5, 5.41) is 2.89. The molecule has 2 rings (SSSR count). The number of amides is 1. The van der Waals surface area contributed by atoms with Crippen LogP contribution < -0.4 is 15.8 Å². The molecule has 23 heavy (non-hydrogen) atoms. The van der Waals surface area contributed by atoms with Crippen molar-refractivity contribution in [1.82, 2.24) is 5.32 Å². The molecule has 2 aromatic carbocycles. The molecular weight excluding hydrogens is 312 g/mol. The highest BCUT2D eigenvalue weighted by Crippen LogP contribution is 2.25. The summed E-state index contributed by atoms with van der Waals surface area (Å²) >= 11 is 0. The molecular formula is C18H23ClN2O2. The summed E-state index contributed by atoms with van der Waals surface area (Å²) in [4.78, 5) is 11.7. The zero-order valence-electron chi connectivity index (χ0n) is 13.2. The summed E-state index contributed by atoms with van der Waals surface area (Å²) in [6, 6.07) is 15.6. The lowest BCUT2D eigenvalue weighted by Gasteiger charge is -2.12. The molecule has 5 heteroatoms. The second-order valence-electron chi connectivity index (χ2n) is 5.19. The molecule has 0 saturated heterocycles. The topological polar surface area (TPSA) is 64.3 Å². The Morgan fingerprint density at radius 1 is 1.13 bits per heavy atom. The molecule has 124 valence electrons. The van der Waals surface area contributed by atoms with E-state index in [1.54, 1.807) is 0 Å². The summed E-state index contributed by atoms with van der Waals surface area (Å²) in [6.45, 7) is 3.01. The molecule has 0 spiro atoms. The number of ether oxygens (including phenoxy) is 1. The Morgan fingerprint density at radius 3 is 2.52 bits per heavy atom. The van der Waals surface area contributed by atoms with Gasteiger partial charge in [0.1, 0.15) is 11.5 Å². The molecule has 0 heterocycles. The van der Waals surface area contributed by atoms with Gasteiger partial charge in [0.05, 0.1) is 0 Å². The molecule has 0 saturated carbocycles. The molecule has 0 unspecified atom stereocenters. The van der Waals surface area contributed by atoms with Crippen molar-refractivity contribution in [3.63, 3.8) is 0 Å². The first-order chi connectivity index (χ1) is 10.7. The molecule has 0 radical (unpaired) electrons. The van der Waals surface area contributed by atoms with Crippen LogP contribution in [-0.2, 0) is 11.3 Å². The number of rotatable bonds is 7. The molecule has 0 atom stereocenters. The van der Waals surface area contributed by atoms with E-state index in [1.165, 1.54) is 5.56 Å². The minimum Gasteiger partial charge on any atom is -0.457 e. The molecule has 0 aliphatic carbocycles. The van der Waals surface area contributed by atoms with Crippen LogP contribution in [0.1, 0.15) is 24.0 Å². The fourth-order valence-corrected chi connectivity index (χ4v) is 2.03. The number of aryl methyl sites for hydroxylation is 1. The van der Waals surface area contributed by atoms with Crippen molar-refractivity contribution in [3.05, 3.63) is 59.7 Å². The first kappa shape index (κ1) is 19.0. The summed E-state index contributed by atoms with van der Waals surface area (Å²) in [7, 11) is 0. The van der Waals surface area contributed by atoms with Crippen molar-refractivity contribution >= 4 is 18.3 Å². The second-order valence-corrected chi connectivity index (χ2v) is 5.19. The predicted octanol–water partition coefficient (Wildman–Crippen LogP) is 3.56. The van der Waals surface area contributed by atoms with E-state index in [0.717, 1.165) is 17.1 Å². The molecule has 4 nitrogen and oxygen atoms in total. The SMILES string of the molecule is Cc1ccc(Oc2ccccc2CNC(=O)CCCN)cc1.Cl. The summed E-state index contributed by atoms with van der Waals surface area (Å²) in [6.07, 6.45) is 1.16. The second kappa shape index (κ2) is 9.87. The maximum atomic E-state index is 11.7. The van der Waals surface area contributed by atoms with Gasteiger partial charge in [-0.1, -0.05) is 35.9 Å². The lowest BCUT2D eigenvalue weighted by atomic mass is 10.2. The van der Waals surface area contributed by atoms with Crippen LogP contribution in [0, 0.1) is 6.92 Å². The van der Waals surface area contributed by atoms with E-state index in [2.05, 4.69) is 5.32 Å². The van der Waals surface area contributed by atoms with Gasteiger partial charge in [-0.25, -0.2) is 0 Å². The van der Waals surface area contributed by atoms with Gasteiger partial charge >= 0.3 is 0 Å². The van der Waals surface area contributed by atoms with Gasteiger partial charge in [-0.15, -0.1) is 12.4 Å². The van der Waals surface area contributed by atoms with Gasteiger partial charge in [0, 0.05) is 18.5 Å². The quantitative estimate of drug-likeness (QED) is 0.813. The summed E-state index contributed by atoms with van der Waals surface area (Å²) in [5.41, 5.74) is 7.54. The van der Waals surface area contributed by atoms with Gasteiger partial charge in [0.2, 0.25) is 5.91 Å². The van der Waals surface area contributed by atoms with Crippen molar-refractivity contribution in [2.24, 2.45) is 5.73 Å². The highest BCUT2D eigenvalue weighted by molar-refractivity contribution is 5.85. The van der Waals surface area contributed by atoms with E-state index in [0.29, 0.717) is 25.9 Å². The molecule has 0 aromatic heterocycles. The normalized spacial score (nSPS) is 9.83. The van der Waals surface area contributed by atoms with Crippen molar-refractivity contribution < 1.29 is 9.53 Å². The Balaban J connectivity index is 0.00000264.